The van der Waals surface area contributed by atoms with E-state index in [1.807, 2.05) is 12.1 Å². The molecule has 0 radical (unpaired) electrons. The number of ether oxygens (including phenoxy) is 2. The first-order valence-corrected chi connectivity index (χ1v) is 10.3. The maximum Gasteiger partial charge on any atom is 0.411 e. The van der Waals surface area contributed by atoms with Crippen LogP contribution in [0.5, 0.6) is 0 Å². The molecule has 1 atom stereocenters. The number of fused-ring (bicyclic) bond motifs is 3. The minimum atomic E-state index is -0.996. The van der Waals surface area contributed by atoms with Crippen molar-refractivity contribution in [3.63, 3.8) is 0 Å². The quantitative estimate of drug-likeness (QED) is 0.818. The van der Waals surface area contributed by atoms with Crippen molar-refractivity contribution in [1.82, 2.24) is 9.97 Å². The van der Waals surface area contributed by atoms with Gasteiger partial charge in [0.05, 0.1) is 32.5 Å². The molecule has 0 aliphatic carbocycles. The second kappa shape index (κ2) is 7.73. The zero-order chi connectivity index (χ0) is 20.7. The minimum Gasteiger partial charge on any atom is -0.465 e. The first-order valence-electron chi connectivity index (χ1n) is 10.3. The highest BCUT2D eigenvalue weighted by Gasteiger charge is 2.37. The lowest BCUT2D eigenvalue weighted by Crippen LogP contribution is -2.43. The van der Waals surface area contributed by atoms with Crippen LogP contribution in [0.25, 0.3) is 11.4 Å². The number of hydrogen-bond acceptors (Lipinski definition) is 7. The van der Waals surface area contributed by atoms with Crippen molar-refractivity contribution in [1.29, 1.82) is 0 Å². The fourth-order valence-electron chi connectivity index (χ4n) is 4.33. The second-order valence-corrected chi connectivity index (χ2v) is 7.79. The molecule has 158 valence electrons. The number of nitrogens with zero attached hydrogens (tertiary/aromatic N) is 5. The molecule has 4 heterocycles. The van der Waals surface area contributed by atoms with Crippen molar-refractivity contribution in [2.24, 2.45) is 0 Å². The number of hydrogen-bond donors (Lipinski definition) is 1. The van der Waals surface area contributed by atoms with Crippen molar-refractivity contribution in [2.45, 2.75) is 12.5 Å². The van der Waals surface area contributed by atoms with Crippen molar-refractivity contribution in [3.05, 3.63) is 29.8 Å². The van der Waals surface area contributed by atoms with E-state index in [0.29, 0.717) is 44.0 Å². The average Bonchev–Trinajstić information content (AvgIpc) is 3.17. The molecule has 3 aliphatic rings. The summed E-state index contributed by atoms with van der Waals surface area (Å²) < 4.78 is 11.2. The molecule has 5 rings (SSSR count). The van der Waals surface area contributed by atoms with Gasteiger partial charge in [-0.05, 0) is 24.3 Å². The number of anilines is 3. The van der Waals surface area contributed by atoms with Gasteiger partial charge in [-0.1, -0.05) is 0 Å². The number of morpholine rings is 2. The minimum absolute atomic E-state index is 0.310. The Labute approximate surface area is 174 Å². The number of aromatic nitrogens is 2. The van der Waals surface area contributed by atoms with Crippen molar-refractivity contribution in [3.8, 4) is 11.4 Å². The summed E-state index contributed by atoms with van der Waals surface area (Å²) in [5, 5.41) is 9.19. The van der Waals surface area contributed by atoms with Gasteiger partial charge in [0, 0.05) is 49.9 Å². The molecule has 1 N–H and O–H groups in total. The fourth-order valence-corrected chi connectivity index (χ4v) is 4.33. The molecular formula is C21H25N5O4. The Hall–Kier alpha value is -2.91. The van der Waals surface area contributed by atoms with Gasteiger partial charge in [-0.2, -0.15) is 0 Å². The predicted molar refractivity (Wildman–Crippen MR) is 113 cm³/mol. The molecule has 1 aromatic carbocycles. The van der Waals surface area contributed by atoms with Crippen LogP contribution in [0, 0.1) is 0 Å². The normalized spacial score (nSPS) is 20.6. The van der Waals surface area contributed by atoms with Crippen LogP contribution in [0.4, 0.5) is 22.1 Å². The summed E-state index contributed by atoms with van der Waals surface area (Å²) in [7, 11) is 1.53. The van der Waals surface area contributed by atoms with Gasteiger partial charge in [-0.3, -0.25) is 4.90 Å². The number of rotatable bonds is 3. The van der Waals surface area contributed by atoms with E-state index in [1.165, 1.54) is 17.5 Å². The van der Waals surface area contributed by atoms with Gasteiger partial charge in [0.2, 0.25) is 0 Å². The van der Waals surface area contributed by atoms with Crippen LogP contribution in [-0.2, 0) is 15.9 Å². The average molecular weight is 411 g/mol. The van der Waals surface area contributed by atoms with Gasteiger partial charge in [0.25, 0.3) is 0 Å². The Kier molecular flexibility index (Phi) is 4.92. The monoisotopic (exact) mass is 411 g/mol. The standard InChI is InChI=1S/C21H25N5O4/c1-24(21(27)28)15-4-2-14(3-5-15)18-22-19(25-6-9-29-10-7-25)17-12-16-13-30-11-8-26(16)20(17)23-18/h2-5,16H,6-13H2,1H3,(H,27,28)/t16-/m0/s1. The smallest absolute Gasteiger partial charge is 0.411 e. The van der Waals surface area contributed by atoms with E-state index in [4.69, 9.17) is 19.4 Å². The number of carboxylic acid groups (broad SMARTS) is 1. The van der Waals surface area contributed by atoms with Crippen LogP contribution >= 0.6 is 0 Å². The Bertz CT molecular complexity index is 945. The summed E-state index contributed by atoms with van der Waals surface area (Å²) in [6.07, 6.45) is -0.102. The van der Waals surface area contributed by atoms with E-state index in [2.05, 4.69) is 9.80 Å². The van der Waals surface area contributed by atoms with E-state index in [-0.39, 0.29) is 0 Å². The lowest BCUT2D eigenvalue weighted by atomic mass is 10.1. The molecule has 1 amide bonds. The fraction of sp³-hybridized carbons (Fsp3) is 0.476. The molecule has 9 nitrogen and oxygen atoms in total. The molecule has 2 fully saturated rings. The van der Waals surface area contributed by atoms with Crippen LogP contribution in [0.2, 0.25) is 0 Å². The van der Waals surface area contributed by atoms with Gasteiger partial charge in [0.1, 0.15) is 11.6 Å². The highest BCUT2D eigenvalue weighted by atomic mass is 16.5. The molecule has 30 heavy (non-hydrogen) atoms. The SMILES string of the molecule is CN(C(=O)O)c1ccc(-c2nc(N3CCOCC3)c3c(n2)N2CCOC[C@@H]2C3)cc1. The van der Waals surface area contributed by atoms with E-state index in [9.17, 15) is 9.90 Å². The Morgan fingerprint density at radius 1 is 1.07 bits per heavy atom. The van der Waals surface area contributed by atoms with E-state index < -0.39 is 6.09 Å². The van der Waals surface area contributed by atoms with Crippen LogP contribution in [0.3, 0.4) is 0 Å². The van der Waals surface area contributed by atoms with E-state index in [1.54, 1.807) is 12.1 Å². The molecule has 0 unspecified atom stereocenters. The van der Waals surface area contributed by atoms with Crippen molar-refractivity contribution in [2.75, 3.05) is 67.8 Å². The van der Waals surface area contributed by atoms with Crippen molar-refractivity contribution >= 4 is 23.4 Å². The highest BCUT2D eigenvalue weighted by molar-refractivity contribution is 5.85. The molecule has 1 aromatic heterocycles. The second-order valence-electron chi connectivity index (χ2n) is 7.79. The maximum absolute atomic E-state index is 11.2. The summed E-state index contributed by atoms with van der Waals surface area (Å²) in [5.41, 5.74) is 2.67. The van der Waals surface area contributed by atoms with E-state index in [0.717, 1.165) is 43.3 Å². The molecule has 0 saturated carbocycles. The van der Waals surface area contributed by atoms with E-state index >= 15 is 0 Å². The van der Waals surface area contributed by atoms with Crippen LogP contribution in [-0.4, -0.2) is 80.3 Å². The molecule has 2 aromatic rings. The zero-order valence-corrected chi connectivity index (χ0v) is 17.0. The first-order chi connectivity index (χ1) is 14.6. The summed E-state index contributed by atoms with van der Waals surface area (Å²) in [5.74, 6) is 2.65. The van der Waals surface area contributed by atoms with Crippen LogP contribution < -0.4 is 14.7 Å². The van der Waals surface area contributed by atoms with Gasteiger partial charge in [-0.25, -0.2) is 14.8 Å². The molecule has 9 heteroatoms. The predicted octanol–water partition coefficient (Wildman–Crippen LogP) is 1.86. The Morgan fingerprint density at radius 3 is 2.50 bits per heavy atom. The largest absolute Gasteiger partial charge is 0.465 e. The third-order valence-electron chi connectivity index (χ3n) is 6.01. The molecule has 3 aliphatic heterocycles. The lowest BCUT2D eigenvalue weighted by molar-refractivity contribution is 0.0973. The molecule has 2 saturated heterocycles. The number of benzene rings is 1. The molecule has 0 bridgehead atoms. The van der Waals surface area contributed by atoms with Crippen LogP contribution in [0.1, 0.15) is 5.56 Å². The van der Waals surface area contributed by atoms with Crippen molar-refractivity contribution < 1.29 is 19.4 Å². The Balaban J connectivity index is 1.55. The Morgan fingerprint density at radius 2 is 1.77 bits per heavy atom. The summed E-state index contributed by atoms with van der Waals surface area (Å²) in [6.45, 7) is 5.27. The van der Waals surface area contributed by atoms with Gasteiger partial charge in [0.15, 0.2) is 5.82 Å². The summed E-state index contributed by atoms with van der Waals surface area (Å²) >= 11 is 0. The van der Waals surface area contributed by atoms with Crippen LogP contribution in [0.15, 0.2) is 24.3 Å². The van der Waals surface area contributed by atoms with Gasteiger partial charge >= 0.3 is 6.09 Å². The summed E-state index contributed by atoms with van der Waals surface area (Å²) in [6, 6.07) is 7.64. The van der Waals surface area contributed by atoms with Gasteiger partial charge < -0.3 is 24.4 Å². The van der Waals surface area contributed by atoms with Gasteiger partial charge in [-0.15, -0.1) is 0 Å². The number of carbonyl (C=O) groups is 1. The highest BCUT2D eigenvalue weighted by Crippen LogP contribution is 2.39. The third-order valence-corrected chi connectivity index (χ3v) is 6.01. The molecule has 0 spiro atoms. The lowest BCUT2D eigenvalue weighted by Gasteiger charge is -2.31. The molecular weight excluding hydrogens is 386 g/mol. The summed E-state index contributed by atoms with van der Waals surface area (Å²) in [4.78, 5) is 26.9. The first kappa shape index (κ1) is 19.1. The zero-order valence-electron chi connectivity index (χ0n) is 17.0. The third kappa shape index (κ3) is 3.33. The number of amides is 1. The topological polar surface area (TPSA) is 91.3 Å². The maximum atomic E-state index is 11.2.